The van der Waals surface area contributed by atoms with Gasteiger partial charge in [0, 0.05) is 42.4 Å². The minimum atomic E-state index is -0.0833. The Hall–Kier alpha value is -2.96. The van der Waals surface area contributed by atoms with Gasteiger partial charge in [0.1, 0.15) is 4.87 Å². The van der Waals surface area contributed by atoms with Crippen LogP contribution in [0.5, 0.6) is 0 Å². The third-order valence-corrected chi connectivity index (χ3v) is 9.27. The van der Waals surface area contributed by atoms with E-state index in [9.17, 15) is 9.70 Å². The normalized spacial score (nSPS) is 21.0. The quantitative estimate of drug-likeness (QED) is 0.263. The number of fused-ring (bicyclic) bond motifs is 1. The average molecular weight is 576 g/mol. The number of nitrogens with one attached hydrogen (secondary N) is 1. The molecule has 2 saturated heterocycles. The molecule has 2 heterocycles. The maximum absolute atomic E-state index is 13.9. The number of nitrogens with zero attached hydrogens (tertiary/aromatic N) is 3. The van der Waals surface area contributed by atoms with Crippen molar-refractivity contribution >= 4 is 28.3 Å². The van der Waals surface area contributed by atoms with Crippen molar-refractivity contribution in [3.8, 4) is 0 Å². The summed E-state index contributed by atoms with van der Waals surface area (Å²) in [6, 6.07) is 21.9. The summed E-state index contributed by atoms with van der Waals surface area (Å²) in [4.78, 5) is 30.9. The second-order valence-corrected chi connectivity index (χ2v) is 12.3. The van der Waals surface area contributed by atoms with Crippen molar-refractivity contribution in [1.29, 1.82) is 0 Å². The van der Waals surface area contributed by atoms with Gasteiger partial charge in [-0.3, -0.25) is 4.79 Å². The van der Waals surface area contributed by atoms with Crippen LogP contribution < -0.4 is 5.32 Å². The van der Waals surface area contributed by atoms with Crippen molar-refractivity contribution in [1.82, 2.24) is 15.2 Å². The molecule has 0 aliphatic carbocycles. The van der Waals surface area contributed by atoms with Crippen molar-refractivity contribution in [2.24, 2.45) is 5.92 Å². The fraction of sp³-hybridized carbons (Fsp3) is 0.500. The molecule has 6 nitrogen and oxygen atoms in total. The van der Waals surface area contributed by atoms with Gasteiger partial charge < -0.3 is 10.2 Å². The maximum atomic E-state index is 13.9. The highest BCUT2D eigenvalue weighted by Gasteiger charge is 2.39. The van der Waals surface area contributed by atoms with Crippen LogP contribution in [0.2, 0.25) is 5.02 Å². The smallest absolute Gasteiger partial charge is 0.251 e. The molecule has 7 heteroatoms. The van der Waals surface area contributed by atoms with Gasteiger partial charge in [0.25, 0.3) is 5.91 Å². The van der Waals surface area contributed by atoms with E-state index in [2.05, 4.69) is 46.4 Å². The number of halogens is 1. The van der Waals surface area contributed by atoms with Gasteiger partial charge in [0.2, 0.25) is 6.04 Å². The molecule has 1 amide bonds. The van der Waals surface area contributed by atoms with E-state index < -0.39 is 0 Å². The molecular weight excluding hydrogens is 532 g/mol. The number of rotatable bonds is 10. The lowest BCUT2D eigenvalue weighted by Crippen LogP contribution is -2.43. The fourth-order valence-electron chi connectivity index (χ4n) is 6.50. The van der Waals surface area contributed by atoms with Crippen molar-refractivity contribution in [2.45, 2.75) is 63.8 Å². The molecule has 2 aliphatic rings. The van der Waals surface area contributed by atoms with E-state index >= 15 is 0 Å². The number of amides is 1. The Morgan fingerprint density at radius 1 is 1.00 bits per heavy atom. The Morgan fingerprint density at radius 3 is 2.54 bits per heavy atom. The number of carbonyl (C=O) groups is 1. The van der Waals surface area contributed by atoms with Crippen LogP contribution >= 0.6 is 11.6 Å². The number of carbonyl (C=O) groups excluding carboxylic acids is 1. The van der Waals surface area contributed by atoms with E-state index in [1.165, 1.54) is 29.7 Å². The molecule has 0 bridgehead atoms. The lowest BCUT2D eigenvalue weighted by Gasteiger charge is -2.27. The minimum absolute atomic E-state index is 0.0677. The second kappa shape index (κ2) is 14.3. The number of likely N-dealkylation sites (tertiary alicyclic amines) is 1. The lowest BCUT2D eigenvalue weighted by molar-refractivity contribution is -0.734. The van der Waals surface area contributed by atoms with Crippen molar-refractivity contribution in [2.75, 3.05) is 39.3 Å². The highest BCUT2D eigenvalue weighted by molar-refractivity contribution is 6.31. The Morgan fingerprint density at radius 2 is 1.76 bits per heavy atom. The first-order valence-electron chi connectivity index (χ1n) is 15.5. The molecular formula is C34H44ClN4O2+. The van der Waals surface area contributed by atoms with E-state index in [0.29, 0.717) is 29.6 Å². The third kappa shape index (κ3) is 7.87. The number of hydrazine groups is 1. The fourth-order valence-corrected chi connectivity index (χ4v) is 6.68. The van der Waals surface area contributed by atoms with Crippen LogP contribution in [0.3, 0.4) is 0 Å². The zero-order valence-corrected chi connectivity index (χ0v) is 25.1. The van der Waals surface area contributed by atoms with E-state index in [-0.39, 0.29) is 17.9 Å². The van der Waals surface area contributed by atoms with Crippen LogP contribution in [0.1, 0.15) is 73.7 Å². The van der Waals surface area contributed by atoms with E-state index in [4.69, 9.17) is 11.6 Å². The highest BCUT2D eigenvalue weighted by atomic mass is 35.5. The molecule has 0 unspecified atom stereocenters. The zero-order chi connectivity index (χ0) is 28.6. The topological polar surface area (TPSA) is 55.7 Å². The monoisotopic (exact) mass is 575 g/mol. The SMILES string of the molecule is CC[C@@H](CN1CC[C@@H](CNC(=O)c2ccc3cc(Cl)ccc3c2)C[C@@H](CCN2CCCCC2)[N+]1=O)c1ccccc1. The van der Waals surface area contributed by atoms with Gasteiger partial charge >= 0.3 is 0 Å². The first-order chi connectivity index (χ1) is 20.0. The van der Waals surface area contributed by atoms with Gasteiger partial charge in [-0.05, 0) is 85.3 Å². The number of benzene rings is 3. The Kier molecular flexibility index (Phi) is 10.3. The molecule has 0 radical (unpaired) electrons. The zero-order valence-electron chi connectivity index (χ0n) is 24.3. The summed E-state index contributed by atoms with van der Waals surface area (Å²) in [7, 11) is 0. The maximum Gasteiger partial charge on any atom is 0.251 e. The average Bonchev–Trinajstić information content (AvgIpc) is 3.16. The Labute approximate surface area is 249 Å². The van der Waals surface area contributed by atoms with Crippen LogP contribution in [-0.4, -0.2) is 66.0 Å². The molecule has 2 fully saturated rings. The van der Waals surface area contributed by atoms with Crippen molar-refractivity contribution in [3.63, 3.8) is 0 Å². The molecule has 5 rings (SSSR count). The van der Waals surface area contributed by atoms with Crippen LogP contribution in [0.4, 0.5) is 0 Å². The van der Waals surface area contributed by atoms with Crippen LogP contribution in [0.25, 0.3) is 10.8 Å². The molecule has 3 aromatic rings. The summed E-state index contributed by atoms with van der Waals surface area (Å²) < 4.78 is 0. The highest BCUT2D eigenvalue weighted by Crippen LogP contribution is 2.27. The minimum Gasteiger partial charge on any atom is -0.352 e. The number of piperidine rings is 1. The van der Waals surface area contributed by atoms with E-state index in [1.54, 1.807) is 0 Å². The van der Waals surface area contributed by atoms with Gasteiger partial charge in [-0.2, -0.15) is 0 Å². The largest absolute Gasteiger partial charge is 0.352 e. The number of nitroso groups, excluding NO2 is 1. The van der Waals surface area contributed by atoms with Crippen LogP contribution in [0, 0.1) is 10.8 Å². The predicted molar refractivity (Wildman–Crippen MR) is 167 cm³/mol. The van der Waals surface area contributed by atoms with Crippen LogP contribution in [-0.2, 0) is 0 Å². The summed E-state index contributed by atoms with van der Waals surface area (Å²) in [6.45, 7) is 7.47. The molecule has 3 aromatic carbocycles. The van der Waals surface area contributed by atoms with Crippen LogP contribution in [0.15, 0.2) is 66.7 Å². The number of hydrogen-bond acceptors (Lipinski definition) is 3. The standard InChI is InChI=1S/C34H43ClN4O2/c1-2-27(28-9-5-3-6-10-28)25-38-20-15-26(21-33(39(38)41)16-19-37-17-7-4-8-18-37)24-36-34(40)31-12-11-30-23-32(35)14-13-29(30)22-31/h3,5-6,9-14,22-23,26-27,33H,2,4,7-8,15-21,24-25H2,1H3/p+1/t26-,27+,33-/m1/s1. The van der Waals surface area contributed by atoms with Gasteiger partial charge in [-0.15, -0.1) is 5.01 Å². The summed E-state index contributed by atoms with van der Waals surface area (Å²) in [5.74, 6) is 0.499. The molecule has 2 aliphatic heterocycles. The summed E-state index contributed by atoms with van der Waals surface area (Å²) in [6.07, 6.45) is 7.36. The first-order valence-corrected chi connectivity index (χ1v) is 15.8. The van der Waals surface area contributed by atoms with Gasteiger partial charge in [-0.25, -0.2) is 0 Å². The van der Waals surface area contributed by atoms with E-state index in [0.717, 1.165) is 62.6 Å². The van der Waals surface area contributed by atoms with E-state index in [1.807, 2.05) is 42.5 Å². The molecule has 1 N–H and O–H groups in total. The molecule has 0 aromatic heterocycles. The molecule has 218 valence electrons. The molecule has 41 heavy (non-hydrogen) atoms. The summed E-state index contributed by atoms with van der Waals surface area (Å²) >= 11 is 6.12. The Bertz CT molecular complexity index is 1310. The lowest BCUT2D eigenvalue weighted by atomic mass is 9.95. The van der Waals surface area contributed by atoms with Gasteiger partial charge in [0.15, 0.2) is 0 Å². The second-order valence-electron chi connectivity index (χ2n) is 11.9. The van der Waals surface area contributed by atoms with Gasteiger partial charge in [-0.1, -0.05) is 67.4 Å². The molecule has 3 atom stereocenters. The molecule has 0 spiro atoms. The third-order valence-electron chi connectivity index (χ3n) is 9.03. The van der Waals surface area contributed by atoms with Crippen molar-refractivity contribution in [3.05, 3.63) is 87.8 Å². The number of hydrogen-bond donors (Lipinski definition) is 1. The molecule has 0 saturated carbocycles. The summed E-state index contributed by atoms with van der Waals surface area (Å²) in [5.41, 5.74) is 1.94. The first kappa shape index (κ1) is 29.5. The predicted octanol–water partition coefficient (Wildman–Crippen LogP) is 7.07. The van der Waals surface area contributed by atoms with Gasteiger partial charge in [0.05, 0.1) is 18.0 Å². The summed E-state index contributed by atoms with van der Waals surface area (Å²) in [5, 5.41) is 7.95. The van der Waals surface area contributed by atoms with Crippen molar-refractivity contribution < 1.29 is 9.66 Å². The Balaban J connectivity index is 1.26.